The fourth-order valence-corrected chi connectivity index (χ4v) is 9.18. The number of hydrogen-bond donors (Lipinski definition) is 0. The Labute approximate surface area is 314 Å². The first-order chi connectivity index (χ1) is 26.6. The van der Waals surface area contributed by atoms with Gasteiger partial charge in [0.15, 0.2) is 0 Å². The SMILES string of the molecule is CC1(C)c2ccccc2-c2c(N(c3ccccc3-n3c4ccccc4c4ccccc43)c3ccc(-c4ccccc4)c4oc5ccccc5c34)cccc21. The van der Waals surface area contributed by atoms with Crippen molar-refractivity contribution in [1.29, 1.82) is 0 Å². The number of furan rings is 1. The molecule has 256 valence electrons. The Morgan fingerprint density at radius 1 is 0.463 bits per heavy atom. The van der Waals surface area contributed by atoms with Gasteiger partial charge in [0.05, 0.1) is 39.2 Å². The third-order valence-electron chi connectivity index (χ3n) is 11.6. The summed E-state index contributed by atoms with van der Waals surface area (Å²) in [6.45, 7) is 4.71. The number of anilines is 3. The van der Waals surface area contributed by atoms with Crippen molar-refractivity contribution >= 4 is 60.8 Å². The summed E-state index contributed by atoms with van der Waals surface area (Å²) < 4.78 is 9.31. The Hall–Kier alpha value is -6.84. The van der Waals surface area contributed by atoms with Crippen molar-refractivity contribution in [1.82, 2.24) is 4.57 Å². The highest BCUT2D eigenvalue weighted by Gasteiger charge is 2.38. The minimum absolute atomic E-state index is 0.158. The molecule has 0 unspecified atom stereocenters. The molecule has 0 amide bonds. The molecule has 0 atom stereocenters. The van der Waals surface area contributed by atoms with E-state index in [1.165, 1.54) is 44.1 Å². The molecule has 0 radical (unpaired) electrons. The van der Waals surface area contributed by atoms with E-state index in [1.54, 1.807) is 0 Å². The van der Waals surface area contributed by atoms with Crippen molar-refractivity contribution in [2.24, 2.45) is 0 Å². The Morgan fingerprint density at radius 2 is 1.07 bits per heavy atom. The van der Waals surface area contributed by atoms with Crippen molar-refractivity contribution in [2.45, 2.75) is 19.3 Å². The topological polar surface area (TPSA) is 21.3 Å². The van der Waals surface area contributed by atoms with E-state index in [1.807, 2.05) is 0 Å². The van der Waals surface area contributed by atoms with Crippen LogP contribution >= 0.6 is 0 Å². The van der Waals surface area contributed by atoms with Crippen LogP contribution in [0.2, 0.25) is 0 Å². The lowest BCUT2D eigenvalue weighted by atomic mass is 9.82. The summed E-state index contributed by atoms with van der Waals surface area (Å²) >= 11 is 0. The van der Waals surface area contributed by atoms with E-state index in [0.717, 1.165) is 55.8 Å². The second-order valence-electron chi connectivity index (χ2n) is 14.9. The van der Waals surface area contributed by atoms with Crippen molar-refractivity contribution in [3.05, 3.63) is 193 Å². The largest absolute Gasteiger partial charge is 0.455 e. The molecule has 1 aliphatic rings. The first kappa shape index (κ1) is 30.8. The van der Waals surface area contributed by atoms with Gasteiger partial charge in [-0.1, -0.05) is 147 Å². The van der Waals surface area contributed by atoms with E-state index in [0.29, 0.717) is 0 Å². The Morgan fingerprint density at radius 3 is 1.87 bits per heavy atom. The standard InChI is InChI=1S/C51H36N2O/c1-51(2)39-23-10-6-21-37(39)48-40(51)24-16-29-45(48)53(44-28-14-13-27-43(44)52-41-25-11-7-19-35(41)36-20-8-12-26-42(36)52)46-32-31-34(33-17-4-3-5-18-33)50-49(46)38-22-9-15-30-47(38)54-50/h3-32H,1-2H3. The summed E-state index contributed by atoms with van der Waals surface area (Å²) in [4.78, 5) is 2.51. The molecule has 0 aliphatic heterocycles. The third-order valence-corrected chi connectivity index (χ3v) is 11.6. The zero-order valence-electron chi connectivity index (χ0n) is 30.1. The van der Waals surface area contributed by atoms with Crippen LogP contribution in [0, 0.1) is 0 Å². The molecule has 2 heterocycles. The fourth-order valence-electron chi connectivity index (χ4n) is 9.18. The predicted molar refractivity (Wildman–Crippen MR) is 226 cm³/mol. The number of hydrogen-bond acceptors (Lipinski definition) is 2. The zero-order chi connectivity index (χ0) is 36.0. The molecular formula is C51H36N2O. The molecule has 2 aromatic heterocycles. The predicted octanol–water partition coefficient (Wildman–Crippen LogP) is 14.1. The summed E-state index contributed by atoms with van der Waals surface area (Å²) in [5, 5.41) is 4.65. The van der Waals surface area contributed by atoms with E-state index in [9.17, 15) is 0 Å². The molecule has 3 heteroatoms. The van der Waals surface area contributed by atoms with E-state index < -0.39 is 0 Å². The normalized spacial score (nSPS) is 13.1. The van der Waals surface area contributed by atoms with E-state index in [2.05, 4.69) is 205 Å². The van der Waals surface area contributed by atoms with Gasteiger partial charge in [0, 0.05) is 32.7 Å². The van der Waals surface area contributed by atoms with Crippen LogP contribution in [0.25, 0.3) is 71.7 Å². The lowest BCUT2D eigenvalue weighted by Gasteiger charge is -2.31. The smallest absolute Gasteiger partial charge is 0.145 e. The number of rotatable bonds is 5. The molecule has 8 aromatic carbocycles. The van der Waals surface area contributed by atoms with Crippen LogP contribution in [0.3, 0.4) is 0 Å². The number of benzene rings is 8. The van der Waals surface area contributed by atoms with Crippen LogP contribution in [0.4, 0.5) is 17.1 Å². The van der Waals surface area contributed by atoms with E-state index in [-0.39, 0.29) is 5.41 Å². The molecule has 0 spiro atoms. The van der Waals surface area contributed by atoms with Crippen molar-refractivity contribution < 1.29 is 4.42 Å². The maximum absolute atomic E-state index is 6.87. The number of aromatic nitrogens is 1. The fraction of sp³-hybridized carbons (Fsp3) is 0.0588. The Bertz CT molecular complexity index is 3040. The molecule has 54 heavy (non-hydrogen) atoms. The van der Waals surface area contributed by atoms with Gasteiger partial charge in [-0.05, 0) is 70.8 Å². The van der Waals surface area contributed by atoms with Gasteiger partial charge in [-0.15, -0.1) is 0 Å². The molecule has 1 aliphatic carbocycles. The van der Waals surface area contributed by atoms with Crippen LogP contribution < -0.4 is 4.90 Å². The minimum Gasteiger partial charge on any atom is -0.455 e. The van der Waals surface area contributed by atoms with Crippen molar-refractivity contribution in [2.75, 3.05) is 4.90 Å². The summed E-state index contributed by atoms with van der Waals surface area (Å²) in [5.74, 6) is 0. The van der Waals surface area contributed by atoms with Gasteiger partial charge in [0.1, 0.15) is 11.2 Å². The van der Waals surface area contributed by atoms with Crippen LogP contribution in [-0.2, 0) is 5.41 Å². The molecular weight excluding hydrogens is 657 g/mol. The number of para-hydroxylation sites is 5. The monoisotopic (exact) mass is 692 g/mol. The summed E-state index contributed by atoms with van der Waals surface area (Å²) in [6.07, 6.45) is 0. The molecule has 11 rings (SSSR count). The molecule has 0 saturated carbocycles. The quantitative estimate of drug-likeness (QED) is 0.179. The van der Waals surface area contributed by atoms with Crippen molar-refractivity contribution in [3.8, 4) is 27.9 Å². The zero-order valence-corrected chi connectivity index (χ0v) is 30.1. The Balaban J connectivity index is 1.29. The van der Waals surface area contributed by atoms with Crippen LogP contribution in [-0.4, -0.2) is 4.57 Å². The highest BCUT2D eigenvalue weighted by atomic mass is 16.3. The average Bonchev–Trinajstić information content (AvgIpc) is 3.85. The highest BCUT2D eigenvalue weighted by molar-refractivity contribution is 6.18. The highest BCUT2D eigenvalue weighted by Crippen LogP contribution is 2.56. The van der Waals surface area contributed by atoms with Gasteiger partial charge in [-0.25, -0.2) is 0 Å². The summed E-state index contributed by atoms with van der Waals surface area (Å²) in [6, 6.07) is 65.8. The molecule has 0 N–H and O–H groups in total. The first-order valence-corrected chi connectivity index (χ1v) is 18.7. The van der Waals surface area contributed by atoms with Gasteiger partial charge in [0.25, 0.3) is 0 Å². The van der Waals surface area contributed by atoms with Crippen LogP contribution in [0.5, 0.6) is 0 Å². The summed E-state index contributed by atoms with van der Waals surface area (Å²) in [7, 11) is 0. The average molecular weight is 693 g/mol. The van der Waals surface area contributed by atoms with Gasteiger partial charge in [-0.3, -0.25) is 0 Å². The first-order valence-electron chi connectivity index (χ1n) is 18.7. The molecule has 10 aromatic rings. The van der Waals surface area contributed by atoms with Gasteiger partial charge < -0.3 is 13.9 Å². The van der Waals surface area contributed by atoms with Gasteiger partial charge in [-0.2, -0.15) is 0 Å². The van der Waals surface area contributed by atoms with Crippen LogP contribution in [0.1, 0.15) is 25.0 Å². The number of nitrogens with zero attached hydrogens (tertiary/aromatic N) is 2. The summed E-state index contributed by atoms with van der Waals surface area (Å²) in [5.41, 5.74) is 15.8. The molecule has 3 nitrogen and oxygen atoms in total. The third kappa shape index (κ3) is 4.30. The van der Waals surface area contributed by atoms with Crippen molar-refractivity contribution in [3.63, 3.8) is 0 Å². The molecule has 0 fully saturated rings. The maximum Gasteiger partial charge on any atom is 0.145 e. The second-order valence-corrected chi connectivity index (χ2v) is 14.9. The van der Waals surface area contributed by atoms with E-state index in [4.69, 9.17) is 4.42 Å². The molecule has 0 saturated heterocycles. The second kappa shape index (κ2) is 11.6. The molecule has 0 bridgehead atoms. The van der Waals surface area contributed by atoms with E-state index >= 15 is 0 Å². The Kier molecular flexibility index (Phi) is 6.60. The van der Waals surface area contributed by atoms with Gasteiger partial charge >= 0.3 is 0 Å². The lowest BCUT2D eigenvalue weighted by Crippen LogP contribution is -2.17. The lowest BCUT2D eigenvalue weighted by molar-refractivity contribution is 0.660. The maximum atomic E-state index is 6.87. The van der Waals surface area contributed by atoms with Gasteiger partial charge in [0.2, 0.25) is 0 Å². The number of fused-ring (bicyclic) bond motifs is 9. The minimum atomic E-state index is -0.158. The van der Waals surface area contributed by atoms with Crippen LogP contribution in [0.15, 0.2) is 186 Å².